The fourth-order valence-corrected chi connectivity index (χ4v) is 3.54. The molecule has 0 aliphatic carbocycles. The van der Waals surface area contributed by atoms with Gasteiger partial charge in [-0.15, -0.1) is 0 Å². The van der Waals surface area contributed by atoms with Crippen molar-refractivity contribution in [2.45, 2.75) is 33.9 Å². The second kappa shape index (κ2) is 8.87. The van der Waals surface area contributed by atoms with E-state index < -0.39 is 10.8 Å². The van der Waals surface area contributed by atoms with Gasteiger partial charge in [-0.2, -0.15) is 10.2 Å². The number of nitrogens with zero attached hydrogens (tertiary/aromatic N) is 6. The lowest BCUT2D eigenvalue weighted by Crippen LogP contribution is -2.17. The third-order valence-corrected chi connectivity index (χ3v) is 5.47. The Labute approximate surface area is 193 Å². The normalized spacial score (nSPS) is 11.0. The van der Waals surface area contributed by atoms with E-state index in [1.165, 1.54) is 10.9 Å². The molecular weight excluding hydrogens is 450 g/mol. The van der Waals surface area contributed by atoms with Crippen molar-refractivity contribution in [2.75, 3.05) is 5.32 Å². The molecule has 3 aromatic heterocycles. The molecule has 1 amide bonds. The summed E-state index contributed by atoms with van der Waals surface area (Å²) in [4.78, 5) is 23.4. The second-order valence-electron chi connectivity index (χ2n) is 7.50. The van der Waals surface area contributed by atoms with Gasteiger partial charge in [0.05, 0.1) is 35.1 Å². The van der Waals surface area contributed by atoms with Crippen LogP contribution < -0.4 is 5.32 Å². The van der Waals surface area contributed by atoms with Crippen molar-refractivity contribution in [3.8, 4) is 0 Å². The summed E-state index contributed by atoms with van der Waals surface area (Å²) in [6.07, 6.45) is 2.42. The van der Waals surface area contributed by atoms with E-state index in [0.29, 0.717) is 34.3 Å². The van der Waals surface area contributed by atoms with Crippen LogP contribution in [0.1, 0.15) is 38.8 Å². The van der Waals surface area contributed by atoms with Gasteiger partial charge in [-0.05, 0) is 38.5 Å². The molecule has 170 valence electrons. The highest BCUT2D eigenvalue weighted by molar-refractivity contribution is 6.30. The Kier molecular flexibility index (Phi) is 5.97. The molecule has 4 aromatic rings. The van der Waals surface area contributed by atoms with Crippen molar-refractivity contribution >= 4 is 28.9 Å². The van der Waals surface area contributed by atoms with Crippen molar-refractivity contribution in [1.82, 2.24) is 24.7 Å². The smallest absolute Gasteiger partial charge is 0.307 e. The van der Waals surface area contributed by atoms with E-state index in [-0.39, 0.29) is 17.9 Å². The van der Waals surface area contributed by atoms with E-state index >= 15 is 0 Å². The van der Waals surface area contributed by atoms with E-state index in [0.717, 1.165) is 17.5 Å². The van der Waals surface area contributed by atoms with Gasteiger partial charge >= 0.3 is 5.69 Å². The maximum absolute atomic E-state index is 13.0. The predicted octanol–water partition coefficient (Wildman–Crippen LogP) is 3.90. The Morgan fingerprint density at radius 1 is 1.21 bits per heavy atom. The molecule has 0 aliphatic heterocycles. The number of hydrogen-bond donors (Lipinski definition) is 1. The molecule has 3 heterocycles. The lowest BCUT2D eigenvalue weighted by Gasteiger charge is -2.07. The molecule has 12 heteroatoms. The fraction of sp³-hybridized carbons (Fsp3) is 0.238. The molecule has 0 unspecified atom stereocenters. The van der Waals surface area contributed by atoms with Gasteiger partial charge < -0.3 is 9.84 Å². The zero-order chi connectivity index (χ0) is 23.7. The average Bonchev–Trinajstić information content (AvgIpc) is 3.46. The summed E-state index contributed by atoms with van der Waals surface area (Å²) in [5.41, 5.74) is 3.44. The quantitative estimate of drug-likeness (QED) is 0.320. The van der Waals surface area contributed by atoms with Crippen LogP contribution in [-0.4, -0.2) is 35.5 Å². The standard InChI is InChI=1S/C21H20ClN7O4/c1-12-19(13(2)28(25-12)9-15-4-6-16(22)7-5-15)24-21(30)20-18(14(3)33-26-20)11-27-10-17(8-23-27)29(31)32/h4-8,10H,9,11H2,1-3H3,(H,24,30). The molecule has 0 saturated carbocycles. The Morgan fingerprint density at radius 3 is 2.61 bits per heavy atom. The van der Waals surface area contributed by atoms with E-state index in [1.807, 2.05) is 31.2 Å². The van der Waals surface area contributed by atoms with Crippen LogP contribution in [0.4, 0.5) is 11.4 Å². The van der Waals surface area contributed by atoms with Crippen LogP contribution in [-0.2, 0) is 13.1 Å². The van der Waals surface area contributed by atoms with Gasteiger partial charge in [-0.3, -0.25) is 24.3 Å². The van der Waals surface area contributed by atoms with Crippen LogP contribution in [0.15, 0.2) is 41.2 Å². The van der Waals surface area contributed by atoms with Gasteiger partial charge in [-0.1, -0.05) is 28.9 Å². The number of anilines is 1. The molecule has 0 aliphatic rings. The van der Waals surface area contributed by atoms with E-state index in [9.17, 15) is 14.9 Å². The van der Waals surface area contributed by atoms with Crippen LogP contribution in [0, 0.1) is 30.9 Å². The van der Waals surface area contributed by atoms with Crippen LogP contribution in [0.5, 0.6) is 0 Å². The summed E-state index contributed by atoms with van der Waals surface area (Å²) in [7, 11) is 0. The van der Waals surface area contributed by atoms with Crippen LogP contribution >= 0.6 is 11.6 Å². The summed E-state index contributed by atoms with van der Waals surface area (Å²) in [6.45, 7) is 5.95. The summed E-state index contributed by atoms with van der Waals surface area (Å²) in [5, 5.41) is 26.8. The van der Waals surface area contributed by atoms with E-state index in [1.54, 1.807) is 18.5 Å². The monoisotopic (exact) mass is 469 g/mol. The van der Waals surface area contributed by atoms with Crippen LogP contribution in [0.25, 0.3) is 0 Å². The first-order chi connectivity index (χ1) is 15.7. The molecule has 0 radical (unpaired) electrons. The third kappa shape index (κ3) is 4.62. The Hall–Kier alpha value is -3.99. The number of carbonyl (C=O) groups excluding carboxylic acids is 1. The third-order valence-electron chi connectivity index (χ3n) is 5.22. The summed E-state index contributed by atoms with van der Waals surface area (Å²) >= 11 is 5.95. The van der Waals surface area contributed by atoms with Crippen molar-refractivity contribution in [2.24, 2.45) is 0 Å². The molecule has 0 spiro atoms. The van der Waals surface area contributed by atoms with Crippen molar-refractivity contribution in [3.63, 3.8) is 0 Å². The maximum atomic E-state index is 13.0. The lowest BCUT2D eigenvalue weighted by atomic mass is 10.1. The Balaban J connectivity index is 1.54. The number of benzene rings is 1. The van der Waals surface area contributed by atoms with Crippen LogP contribution in [0.2, 0.25) is 5.02 Å². The summed E-state index contributed by atoms with van der Waals surface area (Å²) < 4.78 is 8.37. The maximum Gasteiger partial charge on any atom is 0.307 e. The number of aryl methyl sites for hydroxylation is 2. The zero-order valence-corrected chi connectivity index (χ0v) is 18.8. The van der Waals surface area contributed by atoms with Crippen molar-refractivity contribution in [3.05, 3.63) is 85.8 Å². The second-order valence-corrected chi connectivity index (χ2v) is 7.94. The summed E-state index contributed by atoms with van der Waals surface area (Å²) in [5.74, 6) is -0.0501. The number of rotatable bonds is 7. The molecule has 1 N–H and O–H groups in total. The first kappa shape index (κ1) is 22.2. The number of halogens is 1. The number of aromatic nitrogens is 5. The van der Waals surface area contributed by atoms with Gasteiger partial charge in [-0.25, -0.2) is 0 Å². The summed E-state index contributed by atoms with van der Waals surface area (Å²) in [6, 6.07) is 7.46. The van der Waals surface area contributed by atoms with Gasteiger partial charge in [0, 0.05) is 10.6 Å². The number of nitro groups is 1. The Morgan fingerprint density at radius 2 is 1.94 bits per heavy atom. The van der Waals surface area contributed by atoms with Crippen LogP contribution in [0.3, 0.4) is 0 Å². The Bertz CT molecular complexity index is 1340. The largest absolute Gasteiger partial charge is 0.361 e. The SMILES string of the molecule is Cc1nn(Cc2ccc(Cl)cc2)c(C)c1NC(=O)c1noc(C)c1Cn1cc([N+](=O)[O-])cn1. The minimum absolute atomic E-state index is 0.0786. The average molecular weight is 470 g/mol. The first-order valence-corrected chi connectivity index (χ1v) is 10.3. The molecule has 0 bridgehead atoms. The molecule has 11 nitrogen and oxygen atoms in total. The highest BCUT2D eigenvalue weighted by Gasteiger charge is 2.23. The van der Waals surface area contributed by atoms with Gasteiger partial charge in [0.1, 0.15) is 18.2 Å². The molecule has 33 heavy (non-hydrogen) atoms. The molecule has 0 atom stereocenters. The molecule has 0 saturated heterocycles. The number of nitrogens with one attached hydrogen (secondary N) is 1. The van der Waals surface area contributed by atoms with Crippen molar-refractivity contribution in [1.29, 1.82) is 0 Å². The molecular formula is C21H20ClN7O4. The lowest BCUT2D eigenvalue weighted by molar-refractivity contribution is -0.385. The number of hydrogen-bond acceptors (Lipinski definition) is 7. The minimum atomic E-state index is -0.537. The van der Waals surface area contributed by atoms with Gasteiger partial charge in [0.25, 0.3) is 5.91 Å². The first-order valence-electron chi connectivity index (χ1n) is 9.94. The minimum Gasteiger partial charge on any atom is -0.361 e. The highest BCUT2D eigenvalue weighted by atomic mass is 35.5. The fourth-order valence-electron chi connectivity index (χ4n) is 3.42. The number of amides is 1. The molecule has 1 aromatic carbocycles. The van der Waals surface area contributed by atoms with E-state index in [4.69, 9.17) is 16.1 Å². The predicted molar refractivity (Wildman–Crippen MR) is 119 cm³/mol. The van der Waals surface area contributed by atoms with Gasteiger partial charge in [0.2, 0.25) is 0 Å². The number of carbonyl (C=O) groups is 1. The topological polar surface area (TPSA) is 134 Å². The highest BCUT2D eigenvalue weighted by Crippen LogP contribution is 2.23. The van der Waals surface area contributed by atoms with Gasteiger partial charge in [0.15, 0.2) is 5.69 Å². The molecule has 4 rings (SSSR count). The zero-order valence-electron chi connectivity index (χ0n) is 18.1. The molecule has 0 fully saturated rings. The van der Waals surface area contributed by atoms with E-state index in [2.05, 4.69) is 20.7 Å². The van der Waals surface area contributed by atoms with Crippen molar-refractivity contribution < 1.29 is 14.2 Å².